The molecular weight excluding hydrogens is 294 g/mol. The number of nitro groups is 1. The highest BCUT2D eigenvalue weighted by Crippen LogP contribution is 2.30. The topological polar surface area (TPSA) is 81.0 Å². The summed E-state index contributed by atoms with van der Waals surface area (Å²) in [5.74, 6) is 0. The maximum atomic E-state index is 10.9. The third-order valence-corrected chi connectivity index (χ3v) is 3.60. The summed E-state index contributed by atoms with van der Waals surface area (Å²) in [7, 11) is 1.58. The Kier molecular flexibility index (Phi) is 4.16. The van der Waals surface area contributed by atoms with Crippen molar-refractivity contribution in [1.82, 2.24) is 9.97 Å². The van der Waals surface area contributed by atoms with E-state index in [1.165, 1.54) is 12.1 Å². The minimum Gasteiger partial charge on any atom is -0.372 e. The van der Waals surface area contributed by atoms with E-state index in [4.69, 9.17) is 4.74 Å². The molecule has 1 unspecified atom stereocenters. The second kappa shape index (κ2) is 6.41. The highest BCUT2D eigenvalue weighted by Gasteiger charge is 2.18. The minimum atomic E-state index is -0.408. The van der Waals surface area contributed by atoms with Crippen molar-refractivity contribution in [2.24, 2.45) is 0 Å². The van der Waals surface area contributed by atoms with Gasteiger partial charge in [0.2, 0.25) is 0 Å². The van der Waals surface area contributed by atoms with Gasteiger partial charge < -0.3 is 9.72 Å². The number of non-ortho nitro benzene ring substituents is 1. The van der Waals surface area contributed by atoms with Crippen LogP contribution in [0.2, 0.25) is 0 Å². The molecule has 6 heteroatoms. The Morgan fingerprint density at radius 3 is 2.78 bits per heavy atom. The van der Waals surface area contributed by atoms with Gasteiger partial charge in [-0.15, -0.1) is 0 Å². The number of methoxy groups -OCH3 is 1. The van der Waals surface area contributed by atoms with E-state index in [0.29, 0.717) is 0 Å². The number of hydrogen-bond acceptors (Lipinski definition) is 4. The number of H-pyrrole nitrogens is 1. The van der Waals surface area contributed by atoms with Crippen LogP contribution in [0.25, 0.3) is 11.3 Å². The van der Waals surface area contributed by atoms with Gasteiger partial charge in [0.05, 0.1) is 4.92 Å². The summed E-state index contributed by atoms with van der Waals surface area (Å²) in [4.78, 5) is 17.8. The molecule has 3 rings (SSSR count). The number of aromatic nitrogens is 2. The first-order valence-corrected chi connectivity index (χ1v) is 7.05. The lowest BCUT2D eigenvalue weighted by Gasteiger charge is -2.14. The molecule has 0 radical (unpaired) electrons. The molecule has 0 aliphatic rings. The molecule has 0 amide bonds. The molecule has 2 heterocycles. The highest BCUT2D eigenvalue weighted by molar-refractivity contribution is 5.59. The first kappa shape index (κ1) is 14.9. The molecule has 0 saturated carbocycles. The van der Waals surface area contributed by atoms with Crippen LogP contribution in [-0.2, 0) is 4.74 Å². The number of nitrogens with zero attached hydrogens (tertiary/aromatic N) is 2. The third-order valence-electron chi connectivity index (χ3n) is 3.60. The molecule has 0 spiro atoms. The SMILES string of the molecule is COC(c1cccc([N+](=O)[O-])c1)c1c[nH]c(-c2cccnc2)c1. The third kappa shape index (κ3) is 3.12. The summed E-state index contributed by atoms with van der Waals surface area (Å²) < 4.78 is 5.55. The van der Waals surface area contributed by atoms with Crippen molar-refractivity contribution in [3.05, 3.63) is 82.3 Å². The van der Waals surface area contributed by atoms with E-state index in [1.54, 1.807) is 25.6 Å². The predicted molar refractivity (Wildman–Crippen MR) is 86.0 cm³/mol. The van der Waals surface area contributed by atoms with Gasteiger partial charge in [-0.1, -0.05) is 12.1 Å². The molecule has 116 valence electrons. The Balaban J connectivity index is 1.94. The summed E-state index contributed by atoms with van der Waals surface area (Å²) in [6.07, 6.45) is 4.95. The molecule has 23 heavy (non-hydrogen) atoms. The van der Waals surface area contributed by atoms with E-state index in [2.05, 4.69) is 9.97 Å². The van der Waals surface area contributed by atoms with Crippen LogP contribution in [0.1, 0.15) is 17.2 Å². The molecule has 1 aromatic carbocycles. The van der Waals surface area contributed by atoms with E-state index in [-0.39, 0.29) is 11.8 Å². The lowest BCUT2D eigenvalue weighted by atomic mass is 10.0. The largest absolute Gasteiger partial charge is 0.372 e. The molecule has 3 aromatic rings. The van der Waals surface area contributed by atoms with Gasteiger partial charge in [-0.25, -0.2) is 0 Å². The van der Waals surface area contributed by atoms with Crippen LogP contribution >= 0.6 is 0 Å². The number of rotatable bonds is 5. The van der Waals surface area contributed by atoms with Crippen molar-refractivity contribution in [3.8, 4) is 11.3 Å². The average molecular weight is 309 g/mol. The predicted octanol–water partition coefficient (Wildman–Crippen LogP) is 3.72. The van der Waals surface area contributed by atoms with Gasteiger partial charge in [-0.2, -0.15) is 0 Å². The van der Waals surface area contributed by atoms with Gasteiger partial charge in [0, 0.05) is 54.7 Å². The molecule has 2 aromatic heterocycles. The second-order valence-electron chi connectivity index (χ2n) is 5.06. The number of hydrogen-bond donors (Lipinski definition) is 1. The fourth-order valence-electron chi connectivity index (χ4n) is 2.52. The first-order valence-electron chi connectivity index (χ1n) is 7.05. The average Bonchev–Trinajstić information content (AvgIpc) is 3.06. The fraction of sp³-hybridized carbons (Fsp3) is 0.118. The summed E-state index contributed by atoms with van der Waals surface area (Å²) in [6.45, 7) is 0. The molecule has 0 bridgehead atoms. The van der Waals surface area contributed by atoms with Crippen LogP contribution in [0.15, 0.2) is 61.1 Å². The first-order chi connectivity index (χ1) is 11.2. The zero-order valence-corrected chi connectivity index (χ0v) is 12.5. The van der Waals surface area contributed by atoms with E-state index in [0.717, 1.165) is 22.4 Å². The minimum absolute atomic E-state index is 0.0487. The lowest BCUT2D eigenvalue weighted by molar-refractivity contribution is -0.385. The van der Waals surface area contributed by atoms with Gasteiger partial charge in [0.25, 0.3) is 5.69 Å². The van der Waals surface area contributed by atoms with Crippen molar-refractivity contribution in [1.29, 1.82) is 0 Å². The van der Waals surface area contributed by atoms with Crippen LogP contribution < -0.4 is 0 Å². The molecular formula is C17H15N3O3. The number of aromatic amines is 1. The summed E-state index contributed by atoms with van der Waals surface area (Å²) in [5.41, 5.74) is 3.56. The highest BCUT2D eigenvalue weighted by atomic mass is 16.6. The van der Waals surface area contributed by atoms with Crippen molar-refractivity contribution >= 4 is 5.69 Å². The number of benzene rings is 1. The number of pyridine rings is 1. The van der Waals surface area contributed by atoms with Gasteiger partial charge in [0.15, 0.2) is 0 Å². The molecule has 1 atom stereocenters. The maximum Gasteiger partial charge on any atom is 0.269 e. The van der Waals surface area contributed by atoms with Crippen LogP contribution in [0.5, 0.6) is 0 Å². The number of ether oxygens (including phenoxy) is 1. The summed E-state index contributed by atoms with van der Waals surface area (Å²) in [5, 5.41) is 10.9. The summed E-state index contributed by atoms with van der Waals surface area (Å²) in [6, 6.07) is 12.3. The van der Waals surface area contributed by atoms with Gasteiger partial charge >= 0.3 is 0 Å². The Bertz CT molecular complexity index is 815. The van der Waals surface area contributed by atoms with Crippen LogP contribution in [0.4, 0.5) is 5.69 Å². The van der Waals surface area contributed by atoms with Crippen molar-refractivity contribution in [2.45, 2.75) is 6.10 Å². The smallest absolute Gasteiger partial charge is 0.269 e. The Hall–Kier alpha value is -2.99. The monoisotopic (exact) mass is 309 g/mol. The molecule has 0 aliphatic heterocycles. The number of nitrogens with one attached hydrogen (secondary N) is 1. The zero-order chi connectivity index (χ0) is 16.2. The van der Waals surface area contributed by atoms with E-state index in [9.17, 15) is 10.1 Å². The second-order valence-corrected chi connectivity index (χ2v) is 5.06. The van der Waals surface area contributed by atoms with Gasteiger partial charge in [-0.3, -0.25) is 15.1 Å². The normalized spacial score (nSPS) is 12.0. The molecule has 1 N–H and O–H groups in total. The van der Waals surface area contributed by atoms with Gasteiger partial charge in [-0.05, 0) is 23.8 Å². The van der Waals surface area contributed by atoms with Crippen LogP contribution in [0.3, 0.4) is 0 Å². The quantitative estimate of drug-likeness (QED) is 0.575. The van der Waals surface area contributed by atoms with Gasteiger partial charge in [0.1, 0.15) is 6.10 Å². The molecule has 0 aliphatic carbocycles. The van der Waals surface area contributed by atoms with Crippen molar-refractivity contribution < 1.29 is 9.66 Å². The maximum absolute atomic E-state index is 10.9. The Morgan fingerprint density at radius 1 is 1.22 bits per heavy atom. The summed E-state index contributed by atoms with van der Waals surface area (Å²) >= 11 is 0. The fourth-order valence-corrected chi connectivity index (χ4v) is 2.52. The van der Waals surface area contributed by atoms with E-state index in [1.807, 2.05) is 30.5 Å². The molecule has 6 nitrogen and oxygen atoms in total. The standard InChI is InChI=1S/C17H15N3O3/c1-23-17(12-4-2-6-15(8-12)20(21)22)14-9-16(19-11-14)13-5-3-7-18-10-13/h2-11,17,19H,1H3. The molecule has 0 saturated heterocycles. The Morgan fingerprint density at radius 2 is 2.09 bits per heavy atom. The zero-order valence-electron chi connectivity index (χ0n) is 12.5. The van der Waals surface area contributed by atoms with E-state index >= 15 is 0 Å². The van der Waals surface area contributed by atoms with Crippen molar-refractivity contribution in [3.63, 3.8) is 0 Å². The lowest BCUT2D eigenvalue weighted by Crippen LogP contribution is -2.03. The number of nitro benzene ring substituents is 1. The van der Waals surface area contributed by atoms with Crippen molar-refractivity contribution in [2.75, 3.05) is 7.11 Å². The van der Waals surface area contributed by atoms with Crippen LogP contribution in [-0.4, -0.2) is 22.0 Å². The van der Waals surface area contributed by atoms with Crippen LogP contribution in [0, 0.1) is 10.1 Å². The van der Waals surface area contributed by atoms with E-state index < -0.39 is 4.92 Å². The Labute approximate surface area is 132 Å². The molecule has 0 fully saturated rings.